The number of amides is 1. The SMILES string of the molecule is CCn1c(=O)c(C(=O)COC(=O)CNC(=O)c2sc3ccccc3c2Cl)c(N)n(Cc2ccccc2)c1=O. The average molecular weight is 555 g/mol. The third kappa shape index (κ3) is 5.38. The van der Waals surface area contributed by atoms with E-state index in [-0.39, 0.29) is 28.8 Å². The number of aromatic nitrogens is 2. The number of ketones is 1. The summed E-state index contributed by atoms with van der Waals surface area (Å²) in [6.07, 6.45) is 0. The number of carbonyl (C=O) groups is 3. The number of Topliss-reactive ketones (excluding diaryl/α,β-unsaturated/α-hetero) is 1. The van der Waals surface area contributed by atoms with E-state index < -0.39 is 47.6 Å². The third-order valence-corrected chi connectivity index (χ3v) is 7.42. The molecule has 4 aromatic rings. The van der Waals surface area contributed by atoms with Crippen LogP contribution < -0.4 is 22.3 Å². The number of benzene rings is 2. The zero-order valence-electron chi connectivity index (χ0n) is 20.2. The van der Waals surface area contributed by atoms with Crippen LogP contribution in [-0.2, 0) is 22.6 Å². The van der Waals surface area contributed by atoms with Crippen molar-refractivity contribution in [2.45, 2.75) is 20.0 Å². The van der Waals surface area contributed by atoms with Crippen LogP contribution in [0.3, 0.4) is 0 Å². The Morgan fingerprint density at radius 2 is 1.71 bits per heavy atom. The number of hydrogen-bond acceptors (Lipinski definition) is 8. The van der Waals surface area contributed by atoms with Crippen LogP contribution >= 0.6 is 22.9 Å². The quantitative estimate of drug-likeness (QED) is 0.239. The van der Waals surface area contributed by atoms with Gasteiger partial charge in [0.15, 0.2) is 6.61 Å². The summed E-state index contributed by atoms with van der Waals surface area (Å²) in [5, 5.41) is 3.42. The van der Waals surface area contributed by atoms with E-state index in [2.05, 4.69) is 5.32 Å². The van der Waals surface area contributed by atoms with Gasteiger partial charge in [0.05, 0.1) is 11.6 Å². The van der Waals surface area contributed by atoms with E-state index >= 15 is 0 Å². The van der Waals surface area contributed by atoms with Crippen molar-refractivity contribution in [1.29, 1.82) is 0 Å². The van der Waals surface area contributed by atoms with Gasteiger partial charge in [0.2, 0.25) is 5.78 Å². The van der Waals surface area contributed by atoms with Crippen LogP contribution in [0.25, 0.3) is 10.1 Å². The van der Waals surface area contributed by atoms with Gasteiger partial charge in [-0.05, 0) is 18.6 Å². The monoisotopic (exact) mass is 554 g/mol. The van der Waals surface area contributed by atoms with Crippen molar-refractivity contribution in [3.8, 4) is 0 Å². The molecule has 0 bridgehead atoms. The molecule has 0 fully saturated rings. The third-order valence-electron chi connectivity index (χ3n) is 5.75. The van der Waals surface area contributed by atoms with Crippen molar-refractivity contribution in [2.75, 3.05) is 18.9 Å². The minimum absolute atomic E-state index is 0.0130. The van der Waals surface area contributed by atoms with Crippen LogP contribution in [0.15, 0.2) is 64.2 Å². The molecule has 12 heteroatoms. The minimum atomic E-state index is -0.907. The maximum absolute atomic E-state index is 12.9. The first-order valence-corrected chi connectivity index (χ1v) is 12.7. The Kier molecular flexibility index (Phi) is 8.08. The number of nitrogens with zero attached hydrogens (tertiary/aromatic N) is 2. The number of ether oxygens (including phenoxy) is 1. The molecule has 0 radical (unpaired) electrons. The lowest BCUT2D eigenvalue weighted by Crippen LogP contribution is -2.44. The van der Waals surface area contributed by atoms with Crippen molar-refractivity contribution in [3.63, 3.8) is 0 Å². The van der Waals surface area contributed by atoms with Gasteiger partial charge in [0, 0.05) is 16.6 Å². The number of carbonyl (C=O) groups excluding carboxylic acids is 3. The maximum Gasteiger partial charge on any atom is 0.332 e. The van der Waals surface area contributed by atoms with Gasteiger partial charge in [-0.15, -0.1) is 11.3 Å². The van der Waals surface area contributed by atoms with E-state index in [1.54, 1.807) is 43.3 Å². The topological polar surface area (TPSA) is 142 Å². The highest BCUT2D eigenvalue weighted by Gasteiger charge is 2.24. The smallest absolute Gasteiger partial charge is 0.332 e. The fourth-order valence-corrected chi connectivity index (χ4v) is 5.27. The van der Waals surface area contributed by atoms with E-state index in [1.165, 1.54) is 11.3 Å². The van der Waals surface area contributed by atoms with Gasteiger partial charge in [0.25, 0.3) is 11.5 Å². The fourth-order valence-electron chi connectivity index (χ4n) is 3.84. The molecule has 2 aromatic heterocycles. The summed E-state index contributed by atoms with van der Waals surface area (Å²) < 4.78 is 7.82. The van der Waals surface area contributed by atoms with Crippen LogP contribution in [0.5, 0.6) is 0 Å². The number of halogens is 1. The molecule has 0 atom stereocenters. The molecule has 0 saturated carbocycles. The Balaban J connectivity index is 1.45. The van der Waals surface area contributed by atoms with Gasteiger partial charge in [-0.1, -0.05) is 60.1 Å². The minimum Gasteiger partial charge on any atom is -0.456 e. The van der Waals surface area contributed by atoms with Gasteiger partial charge in [-0.2, -0.15) is 0 Å². The molecule has 0 unspecified atom stereocenters. The number of nitrogens with two attached hydrogens (primary N) is 1. The number of anilines is 1. The normalized spacial score (nSPS) is 10.9. The van der Waals surface area contributed by atoms with Crippen LogP contribution in [0, 0.1) is 0 Å². The molecule has 1 amide bonds. The molecule has 0 spiro atoms. The Morgan fingerprint density at radius 3 is 2.39 bits per heavy atom. The molecule has 0 aliphatic heterocycles. The van der Waals surface area contributed by atoms with Crippen molar-refractivity contribution < 1.29 is 19.1 Å². The van der Waals surface area contributed by atoms with E-state index in [4.69, 9.17) is 22.1 Å². The maximum atomic E-state index is 12.9. The largest absolute Gasteiger partial charge is 0.456 e. The lowest BCUT2D eigenvalue weighted by Gasteiger charge is -2.16. The molecule has 2 heterocycles. The zero-order chi connectivity index (χ0) is 27.4. The number of thiophene rings is 1. The Hall–Kier alpha value is -4.22. The molecule has 0 aliphatic carbocycles. The van der Waals surface area contributed by atoms with Crippen molar-refractivity contribution in [2.24, 2.45) is 0 Å². The number of esters is 1. The van der Waals surface area contributed by atoms with E-state index in [1.807, 2.05) is 18.2 Å². The van der Waals surface area contributed by atoms with Gasteiger partial charge in [-0.25, -0.2) is 4.79 Å². The van der Waals surface area contributed by atoms with Gasteiger partial charge in [0.1, 0.15) is 22.8 Å². The Morgan fingerprint density at radius 1 is 1.03 bits per heavy atom. The molecule has 38 heavy (non-hydrogen) atoms. The number of hydrogen-bond donors (Lipinski definition) is 2. The first-order valence-electron chi connectivity index (χ1n) is 11.5. The number of nitrogen functional groups attached to an aromatic ring is 1. The first kappa shape index (κ1) is 26.8. The second-order valence-corrected chi connectivity index (χ2v) is 9.60. The van der Waals surface area contributed by atoms with Crippen molar-refractivity contribution >= 4 is 56.5 Å². The standard InChI is InChI=1S/C26H23ClN4O6S/c1-2-30-25(35)20(23(28)31(26(30)36)13-15-8-4-3-5-9-15)17(32)14-37-19(33)12-29-24(34)22-21(27)16-10-6-7-11-18(16)38-22/h3-11H,2,12-14,28H2,1H3,(H,29,34). The van der Waals surface area contributed by atoms with E-state index in [0.29, 0.717) is 0 Å². The molecule has 10 nitrogen and oxygen atoms in total. The molecule has 4 rings (SSSR count). The predicted molar refractivity (Wildman–Crippen MR) is 145 cm³/mol. The van der Waals surface area contributed by atoms with Gasteiger partial charge in [-0.3, -0.25) is 28.3 Å². The van der Waals surface area contributed by atoms with Crippen LogP contribution in [0.4, 0.5) is 5.82 Å². The molecule has 196 valence electrons. The summed E-state index contributed by atoms with van der Waals surface area (Å²) in [5.74, 6) is -2.66. The van der Waals surface area contributed by atoms with Gasteiger partial charge >= 0.3 is 11.7 Å². The Labute approximate surface area is 225 Å². The average Bonchev–Trinajstić information content (AvgIpc) is 3.26. The number of rotatable bonds is 9. The highest BCUT2D eigenvalue weighted by Crippen LogP contribution is 2.34. The summed E-state index contributed by atoms with van der Waals surface area (Å²) in [5.41, 5.74) is 4.86. The van der Waals surface area contributed by atoms with Crippen LogP contribution in [-0.4, -0.2) is 39.9 Å². The lowest BCUT2D eigenvalue weighted by atomic mass is 10.2. The van der Waals surface area contributed by atoms with Gasteiger partial charge < -0.3 is 15.8 Å². The summed E-state index contributed by atoms with van der Waals surface area (Å²) in [6, 6.07) is 16.2. The summed E-state index contributed by atoms with van der Waals surface area (Å²) >= 11 is 7.47. The highest BCUT2D eigenvalue weighted by molar-refractivity contribution is 7.21. The fraction of sp³-hybridized carbons (Fsp3) is 0.192. The highest BCUT2D eigenvalue weighted by atomic mass is 35.5. The molecule has 2 aromatic carbocycles. The Bertz CT molecular complexity index is 1660. The summed E-state index contributed by atoms with van der Waals surface area (Å²) in [6.45, 7) is 0.312. The second-order valence-electron chi connectivity index (χ2n) is 8.17. The molecular weight excluding hydrogens is 532 g/mol. The van der Waals surface area contributed by atoms with E-state index in [0.717, 1.165) is 24.8 Å². The second kappa shape index (κ2) is 11.4. The van der Waals surface area contributed by atoms with Crippen molar-refractivity contribution in [1.82, 2.24) is 14.5 Å². The molecule has 0 aliphatic rings. The van der Waals surface area contributed by atoms with Crippen LogP contribution in [0.1, 0.15) is 32.5 Å². The number of nitrogens with one attached hydrogen (secondary N) is 1. The summed E-state index contributed by atoms with van der Waals surface area (Å²) in [4.78, 5) is 63.6. The molecular formula is C26H23ClN4O6S. The van der Waals surface area contributed by atoms with Crippen LogP contribution in [0.2, 0.25) is 5.02 Å². The molecule has 3 N–H and O–H groups in total. The zero-order valence-corrected chi connectivity index (χ0v) is 21.8. The summed E-state index contributed by atoms with van der Waals surface area (Å²) in [7, 11) is 0. The lowest BCUT2D eigenvalue weighted by molar-refractivity contribution is -0.141. The predicted octanol–water partition coefficient (Wildman–Crippen LogP) is 2.68. The van der Waals surface area contributed by atoms with Crippen molar-refractivity contribution in [3.05, 3.63) is 96.5 Å². The first-order chi connectivity index (χ1) is 18.2. The number of fused-ring (bicyclic) bond motifs is 1. The van der Waals surface area contributed by atoms with E-state index in [9.17, 15) is 24.0 Å². The molecule has 0 saturated heterocycles.